The van der Waals surface area contributed by atoms with Crippen LogP contribution in [-0.4, -0.2) is 42.2 Å². The summed E-state index contributed by atoms with van der Waals surface area (Å²) in [5, 5.41) is 8.70. The molecular formula is C13H16BrNO3. The van der Waals surface area contributed by atoms with E-state index < -0.39 is 5.97 Å². The maximum Gasteiger partial charge on any atom is 0.304 e. The largest absolute Gasteiger partial charge is 0.481 e. The van der Waals surface area contributed by atoms with Crippen LogP contribution in [0.1, 0.15) is 18.1 Å². The molecule has 1 fully saturated rings. The fourth-order valence-electron chi connectivity index (χ4n) is 2.07. The first-order valence-electron chi connectivity index (χ1n) is 5.96. The molecule has 0 bridgehead atoms. The zero-order valence-electron chi connectivity index (χ0n) is 10.0. The summed E-state index contributed by atoms with van der Waals surface area (Å²) in [5.41, 5.74) is 1.13. The van der Waals surface area contributed by atoms with Crippen molar-refractivity contribution < 1.29 is 14.6 Å². The molecule has 1 aromatic rings. The van der Waals surface area contributed by atoms with E-state index in [2.05, 4.69) is 20.8 Å². The first-order valence-corrected chi connectivity index (χ1v) is 6.75. The third-order valence-electron chi connectivity index (χ3n) is 3.01. The number of nitrogens with zero attached hydrogens (tertiary/aromatic N) is 1. The van der Waals surface area contributed by atoms with Crippen LogP contribution in [0.25, 0.3) is 0 Å². The Morgan fingerprint density at radius 3 is 3.11 bits per heavy atom. The fourth-order valence-corrected chi connectivity index (χ4v) is 2.48. The number of carbonyl (C=O) groups is 1. The highest BCUT2D eigenvalue weighted by atomic mass is 79.9. The van der Waals surface area contributed by atoms with Crippen LogP contribution in [0.3, 0.4) is 0 Å². The van der Waals surface area contributed by atoms with Gasteiger partial charge in [0.25, 0.3) is 0 Å². The molecule has 0 saturated carbocycles. The van der Waals surface area contributed by atoms with E-state index in [-0.39, 0.29) is 12.5 Å². The van der Waals surface area contributed by atoms with Gasteiger partial charge < -0.3 is 9.84 Å². The summed E-state index contributed by atoms with van der Waals surface area (Å²) in [6.07, 6.45) is 0.218. The number of ether oxygens (including phenoxy) is 1. The molecule has 18 heavy (non-hydrogen) atoms. The molecule has 0 aromatic heterocycles. The topological polar surface area (TPSA) is 49.8 Å². The van der Waals surface area contributed by atoms with Gasteiger partial charge in [-0.1, -0.05) is 28.1 Å². The molecule has 2 rings (SSSR count). The van der Waals surface area contributed by atoms with Crippen LogP contribution < -0.4 is 0 Å². The average Bonchev–Trinajstić information content (AvgIpc) is 2.37. The SMILES string of the molecule is O=C(O)CCN1CCOC(c2cccc(Br)c2)C1. The molecule has 1 aromatic carbocycles. The summed E-state index contributed by atoms with van der Waals surface area (Å²) < 4.78 is 6.78. The normalized spacial score (nSPS) is 20.8. The van der Waals surface area contributed by atoms with Crippen molar-refractivity contribution in [3.05, 3.63) is 34.3 Å². The maximum atomic E-state index is 10.6. The van der Waals surface area contributed by atoms with Crippen molar-refractivity contribution in [2.45, 2.75) is 12.5 Å². The quantitative estimate of drug-likeness (QED) is 0.926. The number of carboxylic acids is 1. The van der Waals surface area contributed by atoms with Gasteiger partial charge in [-0.3, -0.25) is 9.69 Å². The van der Waals surface area contributed by atoms with E-state index in [1.807, 2.05) is 24.3 Å². The van der Waals surface area contributed by atoms with Gasteiger partial charge in [0.1, 0.15) is 0 Å². The molecule has 1 atom stereocenters. The van der Waals surface area contributed by atoms with Crippen molar-refractivity contribution in [1.82, 2.24) is 4.90 Å². The van der Waals surface area contributed by atoms with Gasteiger partial charge in [-0.05, 0) is 17.7 Å². The van der Waals surface area contributed by atoms with Crippen LogP contribution >= 0.6 is 15.9 Å². The van der Waals surface area contributed by atoms with Crippen molar-refractivity contribution in [2.75, 3.05) is 26.2 Å². The Kier molecular flexibility index (Phi) is 4.74. The Labute approximate surface area is 115 Å². The number of morpholine rings is 1. The summed E-state index contributed by atoms with van der Waals surface area (Å²) in [6, 6.07) is 8.05. The van der Waals surface area contributed by atoms with E-state index in [0.717, 1.165) is 23.1 Å². The molecule has 4 nitrogen and oxygen atoms in total. The smallest absolute Gasteiger partial charge is 0.304 e. The number of halogens is 1. The van der Waals surface area contributed by atoms with Gasteiger partial charge in [0.05, 0.1) is 19.1 Å². The predicted molar refractivity (Wildman–Crippen MR) is 71.5 cm³/mol. The summed E-state index contributed by atoms with van der Waals surface area (Å²) in [6.45, 7) is 2.79. The molecule has 1 aliphatic rings. The Hall–Kier alpha value is -0.910. The fraction of sp³-hybridized carbons (Fsp3) is 0.462. The molecule has 1 unspecified atom stereocenters. The van der Waals surface area contributed by atoms with Crippen LogP contribution in [0.5, 0.6) is 0 Å². The summed E-state index contributed by atoms with van der Waals surface area (Å²) >= 11 is 3.45. The van der Waals surface area contributed by atoms with E-state index >= 15 is 0 Å². The number of aliphatic carboxylic acids is 1. The van der Waals surface area contributed by atoms with Crippen molar-refractivity contribution in [1.29, 1.82) is 0 Å². The van der Waals surface area contributed by atoms with Gasteiger partial charge in [-0.15, -0.1) is 0 Å². The van der Waals surface area contributed by atoms with Crippen molar-refractivity contribution in [3.8, 4) is 0 Å². The molecule has 0 radical (unpaired) electrons. The highest BCUT2D eigenvalue weighted by Gasteiger charge is 2.22. The molecule has 1 N–H and O–H groups in total. The van der Waals surface area contributed by atoms with Crippen molar-refractivity contribution in [3.63, 3.8) is 0 Å². The Bertz CT molecular complexity index is 424. The maximum absolute atomic E-state index is 10.6. The highest BCUT2D eigenvalue weighted by Crippen LogP contribution is 2.24. The van der Waals surface area contributed by atoms with E-state index in [1.54, 1.807) is 0 Å². The summed E-state index contributed by atoms with van der Waals surface area (Å²) in [4.78, 5) is 12.7. The standard InChI is InChI=1S/C13H16BrNO3/c14-11-3-1-2-10(8-11)12-9-15(6-7-18-12)5-4-13(16)17/h1-3,8,12H,4-7,9H2,(H,16,17). The Balaban J connectivity index is 1.96. The molecular weight excluding hydrogens is 298 g/mol. The minimum absolute atomic E-state index is 0.0324. The molecule has 0 aliphatic carbocycles. The molecule has 1 aliphatic heterocycles. The number of rotatable bonds is 4. The van der Waals surface area contributed by atoms with E-state index in [1.165, 1.54) is 0 Å². The Morgan fingerprint density at radius 2 is 2.39 bits per heavy atom. The zero-order valence-corrected chi connectivity index (χ0v) is 11.6. The average molecular weight is 314 g/mol. The van der Waals surface area contributed by atoms with Gasteiger partial charge >= 0.3 is 5.97 Å². The molecule has 5 heteroatoms. The van der Waals surface area contributed by atoms with Crippen LogP contribution in [-0.2, 0) is 9.53 Å². The van der Waals surface area contributed by atoms with Gasteiger partial charge in [0.15, 0.2) is 0 Å². The van der Waals surface area contributed by atoms with E-state index in [9.17, 15) is 4.79 Å². The minimum Gasteiger partial charge on any atom is -0.481 e. The number of hydrogen-bond donors (Lipinski definition) is 1. The molecule has 98 valence electrons. The number of hydrogen-bond acceptors (Lipinski definition) is 3. The lowest BCUT2D eigenvalue weighted by Crippen LogP contribution is -2.39. The minimum atomic E-state index is -0.750. The molecule has 1 heterocycles. The van der Waals surface area contributed by atoms with Crippen LogP contribution in [0.15, 0.2) is 28.7 Å². The van der Waals surface area contributed by atoms with Gasteiger partial charge in [-0.25, -0.2) is 0 Å². The first-order chi connectivity index (χ1) is 8.65. The second-order valence-electron chi connectivity index (χ2n) is 4.36. The lowest BCUT2D eigenvalue weighted by atomic mass is 10.1. The third kappa shape index (κ3) is 3.80. The second-order valence-corrected chi connectivity index (χ2v) is 5.27. The van der Waals surface area contributed by atoms with Gasteiger partial charge in [-0.2, -0.15) is 0 Å². The van der Waals surface area contributed by atoms with Gasteiger partial charge in [0, 0.05) is 24.1 Å². The highest BCUT2D eigenvalue weighted by molar-refractivity contribution is 9.10. The molecule has 1 saturated heterocycles. The van der Waals surface area contributed by atoms with Crippen LogP contribution in [0, 0.1) is 0 Å². The lowest BCUT2D eigenvalue weighted by Gasteiger charge is -2.32. The number of benzene rings is 1. The summed E-state index contributed by atoms with van der Waals surface area (Å²) in [5.74, 6) is -0.750. The van der Waals surface area contributed by atoms with E-state index in [0.29, 0.717) is 13.2 Å². The van der Waals surface area contributed by atoms with Crippen LogP contribution in [0.4, 0.5) is 0 Å². The zero-order chi connectivity index (χ0) is 13.0. The van der Waals surface area contributed by atoms with E-state index in [4.69, 9.17) is 9.84 Å². The van der Waals surface area contributed by atoms with Gasteiger partial charge in [0.2, 0.25) is 0 Å². The number of carboxylic acid groups (broad SMARTS) is 1. The second kappa shape index (κ2) is 6.31. The first kappa shape index (κ1) is 13.5. The van der Waals surface area contributed by atoms with Crippen molar-refractivity contribution >= 4 is 21.9 Å². The molecule has 0 spiro atoms. The summed E-state index contributed by atoms with van der Waals surface area (Å²) in [7, 11) is 0. The Morgan fingerprint density at radius 1 is 1.56 bits per heavy atom. The molecule has 0 amide bonds. The lowest BCUT2D eigenvalue weighted by molar-refractivity contribution is -0.137. The van der Waals surface area contributed by atoms with Crippen LogP contribution in [0.2, 0.25) is 0 Å². The monoisotopic (exact) mass is 313 g/mol. The third-order valence-corrected chi connectivity index (χ3v) is 3.51. The predicted octanol–water partition coefficient (Wildman–Crippen LogP) is 2.30. The van der Waals surface area contributed by atoms with Crippen molar-refractivity contribution in [2.24, 2.45) is 0 Å².